The predicted molar refractivity (Wildman–Crippen MR) is 29.3 cm³/mol. The van der Waals surface area contributed by atoms with Gasteiger partial charge >= 0.3 is 0 Å². The second kappa shape index (κ2) is 1.71. The Labute approximate surface area is 39.2 Å². The van der Waals surface area contributed by atoms with Crippen LogP contribution in [0.1, 0.15) is 6.92 Å². The quantitative estimate of drug-likeness (QED) is 0.334. The van der Waals surface area contributed by atoms with Gasteiger partial charge in [0, 0.05) is 0 Å². The first-order valence-corrected chi connectivity index (χ1v) is 1.81. The first-order valence-electron chi connectivity index (χ1n) is 1.81. The van der Waals surface area contributed by atoms with Crippen LogP contribution in [-0.4, -0.2) is 0 Å². The summed E-state index contributed by atoms with van der Waals surface area (Å²) in [5.74, 6) is 0. The fourth-order valence-electron chi connectivity index (χ4n) is 0. The number of allylic oxidation sites excluding steroid dienone is 2. The molecule has 0 saturated heterocycles. The van der Waals surface area contributed by atoms with E-state index in [2.05, 4.69) is 20.1 Å². The maximum atomic E-state index is 3.59. The van der Waals surface area contributed by atoms with E-state index in [1.807, 2.05) is 6.92 Å². The molecule has 0 saturated carbocycles. The highest BCUT2D eigenvalue weighted by Gasteiger charge is 1.65. The Kier molecular flexibility index (Phi) is 1.52. The molecule has 6 heavy (non-hydrogen) atoms. The number of rotatable bonds is 1. The van der Waals surface area contributed by atoms with Crippen molar-refractivity contribution in [3.8, 4) is 0 Å². The maximum Gasteiger partial charge on any atom is -0.0860 e. The molecule has 0 atom stereocenters. The highest BCUT2D eigenvalue weighted by Crippen LogP contribution is 1.97. The lowest BCUT2D eigenvalue weighted by Gasteiger charge is -1.99. The van der Waals surface area contributed by atoms with Crippen LogP contribution in [0, 0.1) is 6.92 Å². The lowest BCUT2D eigenvalue weighted by Crippen LogP contribution is -1.68. The molecule has 0 heterocycles. The van der Waals surface area contributed by atoms with Crippen molar-refractivity contribution in [3.63, 3.8) is 0 Å². The van der Waals surface area contributed by atoms with E-state index in [0.717, 1.165) is 11.1 Å². The van der Waals surface area contributed by atoms with E-state index < -0.39 is 0 Å². The van der Waals surface area contributed by atoms with Crippen molar-refractivity contribution in [2.75, 3.05) is 0 Å². The standard InChI is InChI=1S/C6H9/c1-5(2)6(3)4/h1-3H2,4H3/q-1. The molecule has 0 fully saturated rings. The third-order valence-corrected chi connectivity index (χ3v) is 0.604. The lowest BCUT2D eigenvalue weighted by molar-refractivity contribution is 1.48. The van der Waals surface area contributed by atoms with Crippen LogP contribution in [0.5, 0.6) is 0 Å². The Morgan fingerprint density at radius 2 is 1.67 bits per heavy atom. The zero-order valence-corrected chi connectivity index (χ0v) is 4.12. The van der Waals surface area contributed by atoms with Crippen molar-refractivity contribution in [3.05, 3.63) is 31.2 Å². The Balaban J connectivity index is 3.57. The molecular weight excluding hydrogens is 72.1 g/mol. The van der Waals surface area contributed by atoms with Gasteiger partial charge in [-0.3, -0.25) is 0 Å². The molecule has 34 valence electrons. The summed E-state index contributed by atoms with van der Waals surface area (Å²) in [7, 11) is 0. The van der Waals surface area contributed by atoms with Gasteiger partial charge in [0.1, 0.15) is 0 Å². The molecule has 0 bridgehead atoms. The van der Waals surface area contributed by atoms with Crippen LogP contribution in [0.4, 0.5) is 0 Å². The van der Waals surface area contributed by atoms with E-state index >= 15 is 0 Å². The Morgan fingerprint density at radius 3 is 1.67 bits per heavy atom. The zero-order chi connectivity index (χ0) is 5.15. The zero-order valence-electron chi connectivity index (χ0n) is 4.12. The molecule has 0 radical (unpaired) electrons. The van der Waals surface area contributed by atoms with E-state index in [1.54, 1.807) is 0 Å². The minimum Gasteiger partial charge on any atom is -0.200 e. The van der Waals surface area contributed by atoms with Crippen molar-refractivity contribution in [1.29, 1.82) is 0 Å². The Morgan fingerprint density at radius 1 is 1.50 bits per heavy atom. The topological polar surface area (TPSA) is 0 Å². The molecule has 0 aromatic carbocycles. The molecule has 0 heteroatoms. The third-order valence-electron chi connectivity index (χ3n) is 0.604. The van der Waals surface area contributed by atoms with Crippen LogP contribution in [-0.2, 0) is 0 Å². The van der Waals surface area contributed by atoms with E-state index in [-0.39, 0.29) is 0 Å². The van der Waals surface area contributed by atoms with Gasteiger partial charge in [-0.1, -0.05) is 6.92 Å². The predicted octanol–water partition coefficient (Wildman–Crippen LogP) is 1.95. The molecule has 0 nitrogen and oxygen atoms in total. The maximum absolute atomic E-state index is 3.59. The summed E-state index contributed by atoms with van der Waals surface area (Å²) in [6.07, 6.45) is 0. The van der Waals surface area contributed by atoms with Crippen molar-refractivity contribution in [1.82, 2.24) is 0 Å². The molecule has 0 unspecified atom stereocenters. The fourth-order valence-corrected chi connectivity index (χ4v) is 0. The first kappa shape index (κ1) is 5.35. The Hall–Kier alpha value is -0.650. The molecule has 0 N–H and O–H groups in total. The van der Waals surface area contributed by atoms with Crippen LogP contribution in [0.15, 0.2) is 24.3 Å². The molecule has 0 aromatic heterocycles. The van der Waals surface area contributed by atoms with E-state index in [0.29, 0.717) is 0 Å². The largest absolute Gasteiger partial charge is 0.200 e. The van der Waals surface area contributed by atoms with Gasteiger partial charge in [0.05, 0.1) is 0 Å². The van der Waals surface area contributed by atoms with Crippen molar-refractivity contribution in [2.45, 2.75) is 6.92 Å². The molecule has 0 aliphatic carbocycles. The highest BCUT2D eigenvalue weighted by molar-refractivity contribution is 5.24. The van der Waals surface area contributed by atoms with Gasteiger partial charge in [0.25, 0.3) is 0 Å². The molecule has 0 amide bonds. The first-order chi connectivity index (χ1) is 2.64. The fraction of sp³-hybridized carbons (Fsp3) is 0.167. The summed E-state index contributed by atoms with van der Waals surface area (Å²) in [4.78, 5) is 0. The van der Waals surface area contributed by atoms with Gasteiger partial charge in [-0.05, 0) is 0 Å². The molecule has 0 aliphatic heterocycles. The van der Waals surface area contributed by atoms with Crippen LogP contribution in [0.2, 0.25) is 0 Å². The summed E-state index contributed by atoms with van der Waals surface area (Å²) in [5.41, 5.74) is 1.77. The molecule has 0 aliphatic rings. The monoisotopic (exact) mass is 81.1 g/mol. The van der Waals surface area contributed by atoms with Crippen LogP contribution >= 0.6 is 0 Å². The molecular formula is C6H9-. The number of hydrogen-bond donors (Lipinski definition) is 0. The molecule has 0 aromatic rings. The average molecular weight is 81.1 g/mol. The summed E-state index contributed by atoms with van der Waals surface area (Å²) >= 11 is 0. The SMILES string of the molecule is C=C([CH2-])C(=C)C. The number of hydrogen-bond acceptors (Lipinski definition) is 0. The van der Waals surface area contributed by atoms with Gasteiger partial charge in [-0.2, -0.15) is 31.2 Å². The van der Waals surface area contributed by atoms with Crippen LogP contribution in [0.3, 0.4) is 0 Å². The lowest BCUT2D eigenvalue weighted by atomic mass is 10.2. The smallest absolute Gasteiger partial charge is 0.0860 e. The van der Waals surface area contributed by atoms with Gasteiger partial charge in [0.15, 0.2) is 0 Å². The summed E-state index contributed by atoms with van der Waals surface area (Å²) in [5, 5.41) is 0. The van der Waals surface area contributed by atoms with Crippen LogP contribution in [0.25, 0.3) is 0 Å². The second-order valence-electron chi connectivity index (χ2n) is 1.38. The van der Waals surface area contributed by atoms with Crippen molar-refractivity contribution in [2.24, 2.45) is 0 Å². The van der Waals surface area contributed by atoms with Crippen molar-refractivity contribution >= 4 is 0 Å². The molecule has 0 spiro atoms. The normalized spacial score (nSPS) is 7.50. The summed E-state index contributed by atoms with van der Waals surface area (Å²) in [6, 6.07) is 0. The second-order valence-corrected chi connectivity index (χ2v) is 1.38. The average Bonchev–Trinajstić information content (AvgIpc) is 1.36. The van der Waals surface area contributed by atoms with E-state index in [4.69, 9.17) is 0 Å². The minimum absolute atomic E-state index is 0.815. The van der Waals surface area contributed by atoms with Gasteiger partial charge in [0.2, 0.25) is 0 Å². The van der Waals surface area contributed by atoms with Gasteiger partial charge in [-0.25, -0.2) is 0 Å². The Bertz CT molecular complexity index is 66.0. The van der Waals surface area contributed by atoms with E-state index in [1.165, 1.54) is 0 Å². The van der Waals surface area contributed by atoms with E-state index in [9.17, 15) is 0 Å². The highest BCUT2D eigenvalue weighted by atomic mass is 13.8. The minimum atomic E-state index is 0.815. The summed E-state index contributed by atoms with van der Waals surface area (Å²) < 4.78 is 0. The van der Waals surface area contributed by atoms with Gasteiger partial charge in [-0.15, -0.1) is 0 Å². The van der Waals surface area contributed by atoms with Crippen LogP contribution < -0.4 is 0 Å². The third kappa shape index (κ3) is 1.65. The van der Waals surface area contributed by atoms with Gasteiger partial charge < -0.3 is 0 Å². The summed E-state index contributed by atoms with van der Waals surface area (Å²) in [6.45, 7) is 12.6. The van der Waals surface area contributed by atoms with Crippen molar-refractivity contribution < 1.29 is 0 Å². The molecule has 0 rings (SSSR count).